The summed E-state index contributed by atoms with van der Waals surface area (Å²) in [5, 5.41) is 17.9. The molecule has 0 rings (SSSR count). The molecule has 0 aromatic heterocycles. The number of aliphatic carboxylic acids is 1. The quantitative estimate of drug-likeness (QED) is 0.401. The molecule has 0 amide bonds. The highest BCUT2D eigenvalue weighted by Crippen LogP contribution is 2.11. The van der Waals surface area contributed by atoms with E-state index < -0.39 is 11.6 Å². The molecule has 2 N–H and O–H groups in total. The van der Waals surface area contributed by atoms with Crippen LogP contribution in [0.4, 0.5) is 0 Å². The minimum absolute atomic E-state index is 0.418. The van der Waals surface area contributed by atoms with Crippen LogP contribution in [-0.2, 0) is 4.79 Å². The lowest BCUT2D eigenvalue weighted by Crippen LogP contribution is -2.18. The van der Waals surface area contributed by atoms with Gasteiger partial charge in [-0.2, -0.15) is 0 Å². The zero-order valence-corrected chi connectivity index (χ0v) is 8.53. The van der Waals surface area contributed by atoms with Gasteiger partial charge in [-0.3, -0.25) is 0 Å². The second-order valence-electron chi connectivity index (χ2n) is 3.39. The number of allylic oxidation sites excluding steroid dienone is 2. The Hall–Kier alpha value is -1.35. The highest BCUT2D eigenvalue weighted by atomic mass is 16.4. The van der Waals surface area contributed by atoms with Gasteiger partial charge >= 0.3 is 5.97 Å². The van der Waals surface area contributed by atoms with Crippen LogP contribution in [0.3, 0.4) is 0 Å². The summed E-state index contributed by atoms with van der Waals surface area (Å²) in [5.74, 6) is -0.970. The molecule has 0 fully saturated rings. The first-order chi connectivity index (χ1) is 6.37. The summed E-state index contributed by atoms with van der Waals surface area (Å²) < 4.78 is 0. The Kier molecular flexibility index (Phi) is 4.87. The molecule has 0 heterocycles. The molecule has 0 aliphatic heterocycles. The molecule has 0 spiro atoms. The van der Waals surface area contributed by atoms with Gasteiger partial charge in [-0.05, 0) is 25.8 Å². The topological polar surface area (TPSA) is 57.5 Å². The van der Waals surface area contributed by atoms with E-state index in [1.54, 1.807) is 26.0 Å². The van der Waals surface area contributed by atoms with E-state index in [4.69, 9.17) is 5.11 Å². The third-order valence-corrected chi connectivity index (χ3v) is 1.70. The normalized spacial score (nSPS) is 16.6. The maximum Gasteiger partial charge on any atom is 0.328 e. The number of carboxylic acids is 1. The van der Waals surface area contributed by atoms with E-state index in [2.05, 4.69) is 6.58 Å². The van der Waals surface area contributed by atoms with E-state index in [1.165, 1.54) is 6.08 Å². The third-order valence-electron chi connectivity index (χ3n) is 1.70. The van der Waals surface area contributed by atoms with Gasteiger partial charge in [-0.25, -0.2) is 4.79 Å². The van der Waals surface area contributed by atoms with Crippen LogP contribution in [-0.4, -0.2) is 21.8 Å². The maximum absolute atomic E-state index is 10.3. The summed E-state index contributed by atoms with van der Waals surface area (Å²) >= 11 is 0. The minimum atomic E-state index is -0.970. The van der Waals surface area contributed by atoms with Gasteiger partial charge in [-0.15, -0.1) is 6.58 Å². The molecule has 0 aliphatic carbocycles. The minimum Gasteiger partial charge on any atom is -0.478 e. The summed E-state index contributed by atoms with van der Waals surface area (Å²) in [7, 11) is 0. The van der Waals surface area contributed by atoms with E-state index in [-0.39, 0.29) is 0 Å². The Morgan fingerprint density at radius 3 is 2.57 bits per heavy atom. The van der Waals surface area contributed by atoms with Crippen molar-refractivity contribution in [1.29, 1.82) is 0 Å². The molecule has 1 atom stereocenters. The largest absolute Gasteiger partial charge is 0.478 e. The second-order valence-corrected chi connectivity index (χ2v) is 3.39. The fraction of sp³-hybridized carbons (Fsp3) is 0.364. The van der Waals surface area contributed by atoms with Crippen molar-refractivity contribution in [2.75, 3.05) is 0 Å². The number of hydrogen-bond donors (Lipinski definition) is 2. The fourth-order valence-electron chi connectivity index (χ4n) is 0.810. The Bertz CT molecular complexity index is 272. The highest BCUT2D eigenvalue weighted by molar-refractivity contribution is 5.81. The number of carbonyl (C=O) groups is 1. The molecule has 0 saturated heterocycles. The van der Waals surface area contributed by atoms with Crippen molar-refractivity contribution >= 4 is 5.97 Å². The van der Waals surface area contributed by atoms with Crippen molar-refractivity contribution < 1.29 is 15.0 Å². The average Bonchev–Trinajstić information content (AvgIpc) is 2.02. The van der Waals surface area contributed by atoms with Gasteiger partial charge in [0.05, 0.1) is 5.60 Å². The molecule has 0 aliphatic rings. The Labute approximate surface area is 84.1 Å². The molecule has 0 saturated carbocycles. The monoisotopic (exact) mass is 196 g/mol. The van der Waals surface area contributed by atoms with Crippen LogP contribution in [0.15, 0.2) is 36.5 Å². The molecule has 14 heavy (non-hydrogen) atoms. The Morgan fingerprint density at radius 2 is 2.14 bits per heavy atom. The van der Waals surface area contributed by atoms with Crippen molar-refractivity contribution in [2.24, 2.45) is 0 Å². The smallest absolute Gasteiger partial charge is 0.328 e. The molecule has 0 aromatic rings. The van der Waals surface area contributed by atoms with Gasteiger partial charge < -0.3 is 10.2 Å². The molecule has 3 nitrogen and oxygen atoms in total. The van der Waals surface area contributed by atoms with Crippen molar-refractivity contribution in [1.82, 2.24) is 0 Å². The van der Waals surface area contributed by atoms with E-state index in [0.717, 1.165) is 6.08 Å². The van der Waals surface area contributed by atoms with E-state index in [1.807, 2.05) is 0 Å². The van der Waals surface area contributed by atoms with Crippen molar-refractivity contribution in [3.8, 4) is 0 Å². The van der Waals surface area contributed by atoms with Gasteiger partial charge in [0, 0.05) is 6.08 Å². The maximum atomic E-state index is 10.3. The molecule has 0 radical (unpaired) electrons. The molecule has 78 valence electrons. The van der Waals surface area contributed by atoms with E-state index in [0.29, 0.717) is 12.0 Å². The lowest BCUT2D eigenvalue weighted by Gasteiger charge is -2.14. The van der Waals surface area contributed by atoms with Gasteiger partial charge in [0.15, 0.2) is 0 Å². The SMILES string of the molecule is C=CC(C)(O)C/C=C/C(C)=C\C(=O)O. The molecular weight excluding hydrogens is 180 g/mol. The van der Waals surface area contributed by atoms with Crippen molar-refractivity contribution in [3.63, 3.8) is 0 Å². The molecule has 0 aromatic carbocycles. The first-order valence-electron chi connectivity index (χ1n) is 4.31. The number of carboxylic acid groups (broad SMARTS) is 1. The van der Waals surface area contributed by atoms with Crippen LogP contribution < -0.4 is 0 Å². The first-order valence-corrected chi connectivity index (χ1v) is 4.31. The van der Waals surface area contributed by atoms with Gasteiger partial charge in [0.2, 0.25) is 0 Å². The first kappa shape index (κ1) is 12.7. The molecular formula is C11H16O3. The highest BCUT2D eigenvalue weighted by Gasteiger charge is 2.11. The average molecular weight is 196 g/mol. The van der Waals surface area contributed by atoms with Gasteiger partial charge in [0.1, 0.15) is 0 Å². The van der Waals surface area contributed by atoms with Crippen LogP contribution >= 0.6 is 0 Å². The molecule has 3 heteroatoms. The lowest BCUT2D eigenvalue weighted by atomic mass is 10.0. The van der Waals surface area contributed by atoms with Crippen LogP contribution in [0.1, 0.15) is 20.3 Å². The standard InChI is InChI=1S/C11H16O3/c1-4-11(3,14)7-5-6-9(2)8-10(12)13/h4-6,8,14H,1,7H2,2-3H3,(H,12,13)/b6-5+,9-8-. The predicted octanol–water partition coefficient (Wildman–Crippen LogP) is 1.90. The van der Waals surface area contributed by atoms with Gasteiger partial charge in [-0.1, -0.05) is 18.2 Å². The lowest BCUT2D eigenvalue weighted by molar-refractivity contribution is -0.131. The molecule has 1 unspecified atom stereocenters. The van der Waals surface area contributed by atoms with Crippen LogP contribution in [0.2, 0.25) is 0 Å². The predicted molar refractivity (Wildman–Crippen MR) is 56.0 cm³/mol. The Morgan fingerprint density at radius 1 is 1.57 bits per heavy atom. The third kappa shape index (κ3) is 6.20. The number of hydrogen-bond acceptors (Lipinski definition) is 2. The summed E-state index contributed by atoms with van der Waals surface area (Å²) in [6, 6.07) is 0. The zero-order chi connectivity index (χ0) is 11.2. The van der Waals surface area contributed by atoms with Crippen LogP contribution in [0, 0.1) is 0 Å². The second kappa shape index (κ2) is 5.40. The van der Waals surface area contributed by atoms with Crippen LogP contribution in [0.5, 0.6) is 0 Å². The zero-order valence-electron chi connectivity index (χ0n) is 8.53. The summed E-state index contributed by atoms with van der Waals surface area (Å²) in [4.78, 5) is 10.3. The Balaban J connectivity index is 4.20. The van der Waals surface area contributed by atoms with E-state index in [9.17, 15) is 9.90 Å². The van der Waals surface area contributed by atoms with Crippen LogP contribution in [0.25, 0.3) is 0 Å². The number of rotatable bonds is 5. The number of aliphatic hydroxyl groups is 1. The van der Waals surface area contributed by atoms with Gasteiger partial charge in [0.25, 0.3) is 0 Å². The van der Waals surface area contributed by atoms with Crippen molar-refractivity contribution in [2.45, 2.75) is 25.9 Å². The van der Waals surface area contributed by atoms with Crippen molar-refractivity contribution in [3.05, 3.63) is 36.5 Å². The van der Waals surface area contributed by atoms with E-state index >= 15 is 0 Å². The fourth-order valence-corrected chi connectivity index (χ4v) is 0.810. The summed E-state index contributed by atoms with van der Waals surface area (Å²) in [6.07, 6.45) is 6.36. The summed E-state index contributed by atoms with van der Waals surface area (Å²) in [6.45, 7) is 6.81. The molecule has 0 bridgehead atoms. The summed E-state index contributed by atoms with van der Waals surface area (Å²) in [5.41, 5.74) is -0.294.